The molecule has 0 spiro atoms. The number of nitrogens with zero attached hydrogens (tertiary/aromatic N) is 4. The molecule has 36 heavy (non-hydrogen) atoms. The summed E-state index contributed by atoms with van der Waals surface area (Å²) >= 11 is 0. The van der Waals surface area contributed by atoms with Gasteiger partial charge in [-0.05, 0) is 42.7 Å². The molecule has 0 amide bonds. The summed E-state index contributed by atoms with van der Waals surface area (Å²) in [6.07, 6.45) is 2.57. The van der Waals surface area contributed by atoms with Gasteiger partial charge in [0.25, 0.3) is 0 Å². The van der Waals surface area contributed by atoms with Crippen LogP contribution in [0.15, 0.2) is 55.1 Å². The Hall–Kier alpha value is -3.69. The maximum Gasteiger partial charge on any atom is 0.167 e. The van der Waals surface area contributed by atoms with E-state index in [1.54, 1.807) is 25.1 Å². The van der Waals surface area contributed by atoms with E-state index >= 15 is 0 Å². The van der Waals surface area contributed by atoms with Crippen molar-refractivity contribution in [2.24, 2.45) is 0 Å². The first kappa shape index (κ1) is 24.0. The zero-order chi connectivity index (χ0) is 25.2. The molecule has 4 atom stereocenters. The van der Waals surface area contributed by atoms with Crippen LogP contribution in [0.25, 0.3) is 11.2 Å². The smallest absolute Gasteiger partial charge is 0.167 e. The van der Waals surface area contributed by atoms with Gasteiger partial charge in [0.1, 0.15) is 23.9 Å². The van der Waals surface area contributed by atoms with Crippen LogP contribution in [0.3, 0.4) is 0 Å². The van der Waals surface area contributed by atoms with Crippen LogP contribution < -0.4 is 14.8 Å². The summed E-state index contributed by atoms with van der Waals surface area (Å²) in [6, 6.07) is 14.3. The molecule has 5 rings (SSSR count). The Balaban J connectivity index is 1.49. The third-order valence-corrected chi connectivity index (χ3v) is 6.72. The van der Waals surface area contributed by atoms with Crippen molar-refractivity contribution in [2.45, 2.75) is 44.6 Å². The first-order valence-electron chi connectivity index (χ1n) is 12.0. The summed E-state index contributed by atoms with van der Waals surface area (Å²) in [5.74, 6) is 2.07. The van der Waals surface area contributed by atoms with Crippen molar-refractivity contribution >= 4 is 17.0 Å². The lowest BCUT2D eigenvalue weighted by atomic mass is 9.88. The molecule has 1 unspecified atom stereocenters. The van der Waals surface area contributed by atoms with Gasteiger partial charge in [-0.3, -0.25) is 4.57 Å². The van der Waals surface area contributed by atoms with E-state index in [0.717, 1.165) is 17.1 Å². The van der Waals surface area contributed by atoms with Gasteiger partial charge in [-0.2, -0.15) is 0 Å². The number of benzene rings is 2. The molecule has 0 radical (unpaired) electrons. The number of aliphatic hydroxyl groups excluding tert-OH is 1. The van der Waals surface area contributed by atoms with E-state index in [-0.39, 0.29) is 12.0 Å². The third kappa shape index (κ3) is 4.59. The quantitative estimate of drug-likeness (QED) is 0.382. The van der Waals surface area contributed by atoms with Crippen LogP contribution in [0.4, 0.5) is 5.82 Å². The summed E-state index contributed by atoms with van der Waals surface area (Å²) in [7, 11) is 3.30. The Morgan fingerprint density at radius 2 is 1.86 bits per heavy atom. The standard InChI is InChI=1S/C27H31N5O4/c1-16-7-5-6-8-21(16)22(18-10-19(34-3)12-20(11-18)35-4)13-28-25-24-26(30-14-29-25)32(15-31-24)27-23(33)9-17(2)36-27/h5-8,10-12,14-15,17,22-23,27,33H,9,13H2,1-4H3,(H,28,29,30)/t17-,22?,23-,27-/m0/s1. The molecule has 0 aliphatic carbocycles. The second-order valence-corrected chi connectivity index (χ2v) is 9.12. The van der Waals surface area contributed by atoms with E-state index < -0.39 is 12.3 Å². The van der Waals surface area contributed by atoms with Crippen LogP contribution in [-0.2, 0) is 4.74 Å². The number of methoxy groups -OCH3 is 2. The Kier molecular flexibility index (Phi) is 6.75. The molecule has 1 saturated heterocycles. The molecule has 2 aromatic heterocycles. The third-order valence-electron chi connectivity index (χ3n) is 6.72. The minimum atomic E-state index is -0.614. The normalized spacial score (nSPS) is 20.4. The Bertz CT molecular complexity index is 1340. The topological polar surface area (TPSA) is 104 Å². The summed E-state index contributed by atoms with van der Waals surface area (Å²) in [4.78, 5) is 13.5. The van der Waals surface area contributed by atoms with Gasteiger partial charge < -0.3 is 24.6 Å². The van der Waals surface area contributed by atoms with E-state index in [0.29, 0.717) is 29.9 Å². The Labute approximate surface area is 210 Å². The maximum atomic E-state index is 10.4. The number of fused-ring (bicyclic) bond motifs is 1. The highest BCUT2D eigenvalue weighted by atomic mass is 16.5. The number of hydrogen-bond acceptors (Lipinski definition) is 8. The van der Waals surface area contributed by atoms with E-state index in [9.17, 15) is 5.11 Å². The molecule has 1 fully saturated rings. The number of aromatic nitrogens is 4. The number of rotatable bonds is 8. The van der Waals surface area contributed by atoms with Crippen molar-refractivity contribution < 1.29 is 19.3 Å². The van der Waals surface area contributed by atoms with Crippen LogP contribution in [0.1, 0.15) is 42.2 Å². The average Bonchev–Trinajstić information content (AvgIpc) is 3.47. The van der Waals surface area contributed by atoms with E-state index in [4.69, 9.17) is 14.2 Å². The summed E-state index contributed by atoms with van der Waals surface area (Å²) in [6.45, 7) is 4.61. The molecular weight excluding hydrogens is 458 g/mol. The number of hydrogen-bond donors (Lipinski definition) is 2. The number of ether oxygens (including phenoxy) is 3. The van der Waals surface area contributed by atoms with Crippen molar-refractivity contribution in [3.63, 3.8) is 0 Å². The molecular formula is C27H31N5O4. The van der Waals surface area contributed by atoms with Gasteiger partial charge in [0.2, 0.25) is 0 Å². The largest absolute Gasteiger partial charge is 0.497 e. The highest BCUT2D eigenvalue weighted by Gasteiger charge is 2.34. The van der Waals surface area contributed by atoms with E-state index in [2.05, 4.69) is 39.3 Å². The zero-order valence-corrected chi connectivity index (χ0v) is 20.9. The van der Waals surface area contributed by atoms with Gasteiger partial charge in [-0.1, -0.05) is 24.3 Å². The van der Waals surface area contributed by atoms with Crippen molar-refractivity contribution in [1.29, 1.82) is 0 Å². The average molecular weight is 490 g/mol. The van der Waals surface area contributed by atoms with Crippen LogP contribution >= 0.6 is 0 Å². The number of imidazole rings is 1. The minimum absolute atomic E-state index is 0.0110. The van der Waals surface area contributed by atoms with Crippen LogP contribution in [-0.4, -0.2) is 57.6 Å². The Morgan fingerprint density at radius 3 is 2.53 bits per heavy atom. The highest BCUT2D eigenvalue weighted by molar-refractivity contribution is 5.82. The summed E-state index contributed by atoms with van der Waals surface area (Å²) < 4.78 is 18.8. The van der Waals surface area contributed by atoms with Gasteiger partial charge in [-0.15, -0.1) is 0 Å². The van der Waals surface area contributed by atoms with Crippen molar-refractivity contribution in [3.05, 3.63) is 71.8 Å². The van der Waals surface area contributed by atoms with Gasteiger partial charge >= 0.3 is 0 Å². The van der Waals surface area contributed by atoms with Gasteiger partial charge in [0.15, 0.2) is 23.2 Å². The monoisotopic (exact) mass is 489 g/mol. The lowest BCUT2D eigenvalue weighted by Crippen LogP contribution is -2.19. The first-order valence-corrected chi connectivity index (χ1v) is 12.0. The second kappa shape index (κ2) is 10.1. The molecule has 2 aromatic carbocycles. The van der Waals surface area contributed by atoms with Gasteiger partial charge in [0, 0.05) is 24.9 Å². The first-order chi connectivity index (χ1) is 17.5. The molecule has 2 N–H and O–H groups in total. The Morgan fingerprint density at radius 1 is 1.11 bits per heavy atom. The van der Waals surface area contributed by atoms with Crippen molar-refractivity contribution in [1.82, 2.24) is 19.5 Å². The fourth-order valence-electron chi connectivity index (χ4n) is 4.87. The molecule has 3 heterocycles. The number of aryl methyl sites for hydroxylation is 1. The van der Waals surface area contributed by atoms with Gasteiger partial charge in [0.05, 0.1) is 26.7 Å². The molecule has 4 aromatic rings. The fourth-order valence-corrected chi connectivity index (χ4v) is 4.87. The number of anilines is 1. The predicted octanol–water partition coefficient (Wildman–Crippen LogP) is 4.06. The zero-order valence-electron chi connectivity index (χ0n) is 20.9. The second-order valence-electron chi connectivity index (χ2n) is 9.12. The lowest BCUT2D eigenvalue weighted by Gasteiger charge is -2.22. The molecule has 9 nitrogen and oxygen atoms in total. The summed E-state index contributed by atoms with van der Waals surface area (Å²) in [5, 5.41) is 13.9. The van der Waals surface area contributed by atoms with Gasteiger partial charge in [-0.25, -0.2) is 15.0 Å². The molecule has 188 valence electrons. The molecule has 1 aliphatic rings. The van der Waals surface area contributed by atoms with Crippen molar-refractivity contribution in [3.8, 4) is 11.5 Å². The number of nitrogens with one attached hydrogen (secondary N) is 1. The highest BCUT2D eigenvalue weighted by Crippen LogP contribution is 2.34. The lowest BCUT2D eigenvalue weighted by molar-refractivity contribution is -0.0297. The fraction of sp³-hybridized carbons (Fsp3) is 0.370. The van der Waals surface area contributed by atoms with E-state index in [1.807, 2.05) is 37.3 Å². The molecule has 0 bridgehead atoms. The van der Waals surface area contributed by atoms with Crippen molar-refractivity contribution in [2.75, 3.05) is 26.1 Å². The predicted molar refractivity (Wildman–Crippen MR) is 137 cm³/mol. The molecule has 0 saturated carbocycles. The molecule has 9 heteroatoms. The number of aliphatic hydroxyl groups is 1. The van der Waals surface area contributed by atoms with Crippen LogP contribution in [0.2, 0.25) is 0 Å². The molecule has 1 aliphatic heterocycles. The summed E-state index contributed by atoms with van der Waals surface area (Å²) in [5.41, 5.74) is 4.67. The van der Waals surface area contributed by atoms with E-state index in [1.165, 1.54) is 17.5 Å². The minimum Gasteiger partial charge on any atom is -0.497 e. The maximum absolute atomic E-state index is 10.4. The SMILES string of the molecule is COc1cc(OC)cc(C(CNc2ncnc3c2ncn3[C@H]2O[C@@H](C)C[C@@H]2O)c2ccccc2C)c1. The van der Waals surface area contributed by atoms with Crippen LogP contribution in [0, 0.1) is 6.92 Å². The van der Waals surface area contributed by atoms with Crippen LogP contribution in [0.5, 0.6) is 11.5 Å².